The van der Waals surface area contributed by atoms with Gasteiger partial charge in [0.2, 0.25) is 0 Å². The first-order chi connectivity index (χ1) is 5.85. The number of aliphatic hydroxyl groups excluding tert-OH is 1. The van der Waals surface area contributed by atoms with Crippen LogP contribution < -0.4 is 0 Å². The van der Waals surface area contributed by atoms with Gasteiger partial charge in [-0.2, -0.15) is 0 Å². The summed E-state index contributed by atoms with van der Waals surface area (Å²) in [6.45, 7) is 3.43. The van der Waals surface area contributed by atoms with E-state index in [2.05, 4.69) is 0 Å². The lowest BCUT2D eigenvalue weighted by Gasteiger charge is -2.15. The van der Waals surface area contributed by atoms with Crippen molar-refractivity contribution < 1.29 is 19.3 Å². The fourth-order valence-corrected chi connectivity index (χ4v) is 0.678. The fourth-order valence-electron chi connectivity index (χ4n) is 0.678. The van der Waals surface area contributed by atoms with Gasteiger partial charge in [0.05, 0.1) is 19.8 Å². The molecule has 4 heteroatoms. The molecule has 0 aliphatic rings. The van der Waals surface area contributed by atoms with E-state index in [-0.39, 0.29) is 12.9 Å². The SMILES string of the molecule is CCCOC(COCCO)OC. The molecule has 4 nitrogen and oxygen atoms in total. The molecule has 0 saturated heterocycles. The summed E-state index contributed by atoms with van der Waals surface area (Å²) < 4.78 is 15.3. The second-order valence-corrected chi connectivity index (χ2v) is 2.33. The molecule has 0 aromatic rings. The zero-order valence-corrected chi connectivity index (χ0v) is 7.78. The minimum Gasteiger partial charge on any atom is -0.394 e. The van der Waals surface area contributed by atoms with Crippen LogP contribution in [-0.4, -0.2) is 44.9 Å². The van der Waals surface area contributed by atoms with Gasteiger partial charge in [-0.25, -0.2) is 0 Å². The summed E-state index contributed by atoms with van der Waals surface area (Å²) in [5.74, 6) is 0. The van der Waals surface area contributed by atoms with Crippen molar-refractivity contribution in [3.8, 4) is 0 Å². The zero-order valence-electron chi connectivity index (χ0n) is 7.78. The predicted molar refractivity (Wildman–Crippen MR) is 44.9 cm³/mol. The molecule has 1 unspecified atom stereocenters. The number of ether oxygens (including phenoxy) is 3. The smallest absolute Gasteiger partial charge is 0.180 e. The minimum absolute atomic E-state index is 0.0320. The van der Waals surface area contributed by atoms with Gasteiger partial charge in [-0.05, 0) is 6.42 Å². The number of rotatable bonds is 8. The van der Waals surface area contributed by atoms with E-state index in [0.717, 1.165) is 6.42 Å². The van der Waals surface area contributed by atoms with Crippen LogP contribution in [0.15, 0.2) is 0 Å². The summed E-state index contributed by atoms with van der Waals surface area (Å²) in [7, 11) is 1.57. The third kappa shape index (κ3) is 6.54. The molecule has 0 aliphatic heterocycles. The van der Waals surface area contributed by atoms with Crippen molar-refractivity contribution >= 4 is 0 Å². The molecular formula is C8H18O4. The Labute approximate surface area is 73.4 Å². The number of methoxy groups -OCH3 is 1. The average Bonchev–Trinajstić information content (AvgIpc) is 2.11. The van der Waals surface area contributed by atoms with Crippen molar-refractivity contribution in [3.63, 3.8) is 0 Å². The first-order valence-corrected chi connectivity index (χ1v) is 4.18. The first-order valence-electron chi connectivity index (χ1n) is 4.18. The lowest BCUT2D eigenvalue weighted by Crippen LogP contribution is -2.23. The molecule has 0 saturated carbocycles. The van der Waals surface area contributed by atoms with Crippen molar-refractivity contribution in [1.29, 1.82) is 0 Å². The van der Waals surface area contributed by atoms with Gasteiger partial charge in [0.25, 0.3) is 0 Å². The maximum atomic E-state index is 8.42. The Morgan fingerprint density at radius 3 is 2.58 bits per heavy atom. The van der Waals surface area contributed by atoms with Crippen LogP contribution in [0.1, 0.15) is 13.3 Å². The molecule has 0 heterocycles. The van der Waals surface area contributed by atoms with Crippen LogP contribution in [0.5, 0.6) is 0 Å². The van der Waals surface area contributed by atoms with E-state index in [0.29, 0.717) is 19.8 Å². The summed E-state index contributed by atoms with van der Waals surface area (Å²) in [4.78, 5) is 0. The number of hydrogen-bond acceptors (Lipinski definition) is 4. The largest absolute Gasteiger partial charge is 0.394 e. The van der Waals surface area contributed by atoms with Crippen molar-refractivity contribution in [3.05, 3.63) is 0 Å². The van der Waals surface area contributed by atoms with Crippen LogP contribution in [0.25, 0.3) is 0 Å². The molecule has 0 bridgehead atoms. The molecule has 12 heavy (non-hydrogen) atoms. The highest BCUT2D eigenvalue weighted by atomic mass is 16.7. The monoisotopic (exact) mass is 178 g/mol. The predicted octanol–water partition coefficient (Wildman–Crippen LogP) is 0.394. The maximum Gasteiger partial charge on any atom is 0.180 e. The van der Waals surface area contributed by atoms with E-state index < -0.39 is 0 Å². The summed E-state index contributed by atoms with van der Waals surface area (Å²) in [5.41, 5.74) is 0. The highest BCUT2D eigenvalue weighted by Crippen LogP contribution is 1.95. The molecule has 0 aliphatic carbocycles. The summed E-state index contributed by atoms with van der Waals surface area (Å²) >= 11 is 0. The van der Waals surface area contributed by atoms with Gasteiger partial charge >= 0.3 is 0 Å². The molecule has 0 spiro atoms. The van der Waals surface area contributed by atoms with E-state index in [1.807, 2.05) is 6.92 Å². The van der Waals surface area contributed by atoms with Crippen LogP contribution in [0.2, 0.25) is 0 Å². The Morgan fingerprint density at radius 2 is 2.08 bits per heavy atom. The topological polar surface area (TPSA) is 47.9 Å². The van der Waals surface area contributed by atoms with E-state index in [4.69, 9.17) is 19.3 Å². The lowest BCUT2D eigenvalue weighted by molar-refractivity contribution is -0.158. The van der Waals surface area contributed by atoms with Crippen molar-refractivity contribution in [2.45, 2.75) is 19.6 Å². The second kappa shape index (κ2) is 8.93. The van der Waals surface area contributed by atoms with Gasteiger partial charge < -0.3 is 19.3 Å². The molecule has 0 aromatic carbocycles. The Kier molecular flexibility index (Phi) is 8.81. The third-order valence-electron chi connectivity index (χ3n) is 1.26. The molecule has 74 valence electrons. The molecule has 1 atom stereocenters. The molecule has 1 N–H and O–H groups in total. The van der Waals surface area contributed by atoms with Gasteiger partial charge in [0, 0.05) is 13.7 Å². The number of hydrogen-bond donors (Lipinski definition) is 1. The molecule has 0 rings (SSSR count). The molecule has 0 aromatic heterocycles. The van der Waals surface area contributed by atoms with Gasteiger partial charge in [-0.3, -0.25) is 0 Å². The van der Waals surface area contributed by atoms with Crippen molar-refractivity contribution in [1.82, 2.24) is 0 Å². The highest BCUT2D eigenvalue weighted by molar-refractivity contribution is 4.40. The molecule has 0 amide bonds. The normalized spacial score (nSPS) is 13.2. The first kappa shape index (κ1) is 11.8. The second-order valence-electron chi connectivity index (χ2n) is 2.33. The Hall–Kier alpha value is -0.160. The third-order valence-corrected chi connectivity index (χ3v) is 1.26. The molecule has 0 radical (unpaired) electrons. The van der Waals surface area contributed by atoms with Crippen LogP contribution in [0.3, 0.4) is 0 Å². The Morgan fingerprint density at radius 1 is 1.33 bits per heavy atom. The van der Waals surface area contributed by atoms with Crippen LogP contribution in [0, 0.1) is 0 Å². The van der Waals surface area contributed by atoms with Crippen LogP contribution in [0.4, 0.5) is 0 Å². The van der Waals surface area contributed by atoms with Gasteiger partial charge in [-0.1, -0.05) is 6.92 Å². The van der Waals surface area contributed by atoms with Crippen molar-refractivity contribution in [2.75, 3.05) is 33.5 Å². The van der Waals surface area contributed by atoms with Crippen LogP contribution in [-0.2, 0) is 14.2 Å². The van der Waals surface area contributed by atoms with E-state index in [9.17, 15) is 0 Å². The van der Waals surface area contributed by atoms with E-state index >= 15 is 0 Å². The fraction of sp³-hybridized carbons (Fsp3) is 1.00. The standard InChI is InChI=1S/C8H18O4/c1-3-5-12-8(10-2)7-11-6-4-9/h8-9H,3-7H2,1-2H3. The average molecular weight is 178 g/mol. The maximum absolute atomic E-state index is 8.42. The lowest BCUT2D eigenvalue weighted by atomic mass is 10.5. The zero-order chi connectivity index (χ0) is 9.23. The summed E-state index contributed by atoms with van der Waals surface area (Å²) in [6.07, 6.45) is 0.649. The highest BCUT2D eigenvalue weighted by Gasteiger charge is 2.05. The van der Waals surface area contributed by atoms with E-state index in [1.165, 1.54) is 0 Å². The van der Waals surface area contributed by atoms with Gasteiger partial charge in [0.1, 0.15) is 0 Å². The Balaban J connectivity index is 3.26. The summed E-state index contributed by atoms with van der Waals surface area (Å²) in [5, 5.41) is 8.42. The van der Waals surface area contributed by atoms with E-state index in [1.54, 1.807) is 7.11 Å². The van der Waals surface area contributed by atoms with Gasteiger partial charge in [-0.15, -0.1) is 0 Å². The van der Waals surface area contributed by atoms with Crippen molar-refractivity contribution in [2.24, 2.45) is 0 Å². The molecule has 0 fully saturated rings. The molecular weight excluding hydrogens is 160 g/mol. The summed E-state index contributed by atoms with van der Waals surface area (Å²) in [6, 6.07) is 0. The van der Waals surface area contributed by atoms with Crippen LogP contribution >= 0.6 is 0 Å². The Bertz CT molecular complexity index is 87.1. The van der Waals surface area contributed by atoms with Gasteiger partial charge in [0.15, 0.2) is 6.29 Å². The number of aliphatic hydroxyl groups is 1. The quantitative estimate of drug-likeness (QED) is 0.431. The minimum atomic E-state index is -0.309.